The Labute approximate surface area is 125 Å². The van der Waals surface area contributed by atoms with Gasteiger partial charge in [-0.3, -0.25) is 10.1 Å². The number of hydrogen-bond donors (Lipinski definition) is 1. The Hall–Kier alpha value is -1.59. The van der Waals surface area contributed by atoms with Gasteiger partial charge in [-0.1, -0.05) is 12.1 Å². The maximum atomic E-state index is 12.3. The lowest BCUT2D eigenvalue weighted by molar-refractivity contribution is -0.132. The van der Waals surface area contributed by atoms with E-state index in [1.165, 1.54) is 0 Å². The van der Waals surface area contributed by atoms with Crippen molar-refractivity contribution in [3.05, 3.63) is 29.8 Å². The van der Waals surface area contributed by atoms with Gasteiger partial charge in [0.25, 0.3) is 0 Å². The normalized spacial score (nSPS) is 29.1. The summed E-state index contributed by atoms with van der Waals surface area (Å²) in [5.41, 5.74) is 1.09. The van der Waals surface area contributed by atoms with Crippen molar-refractivity contribution in [1.82, 2.24) is 10.2 Å². The van der Waals surface area contributed by atoms with Crippen molar-refractivity contribution >= 4 is 5.91 Å². The second-order valence-electron chi connectivity index (χ2n) is 5.63. The maximum Gasteiger partial charge on any atom is 0.238 e. The fraction of sp³-hybridized carbons (Fsp3) is 0.562. The van der Waals surface area contributed by atoms with Gasteiger partial charge in [-0.15, -0.1) is 0 Å². The van der Waals surface area contributed by atoms with Gasteiger partial charge >= 0.3 is 0 Å². The van der Waals surface area contributed by atoms with Gasteiger partial charge in [0.15, 0.2) is 0 Å². The second-order valence-corrected chi connectivity index (χ2v) is 5.63. The highest BCUT2D eigenvalue weighted by molar-refractivity contribution is 5.81. The molecular weight excluding hydrogens is 268 g/mol. The molecule has 5 nitrogen and oxygen atoms in total. The Kier molecular flexibility index (Phi) is 4.12. The summed E-state index contributed by atoms with van der Waals surface area (Å²) in [7, 11) is 3.39. The number of carbonyl (C=O) groups excluding carboxylic acids is 1. The van der Waals surface area contributed by atoms with E-state index in [0.29, 0.717) is 6.54 Å². The molecule has 1 saturated heterocycles. The molecule has 1 heterocycles. The van der Waals surface area contributed by atoms with E-state index in [1.807, 2.05) is 29.2 Å². The van der Waals surface area contributed by atoms with Gasteiger partial charge in [-0.05, 0) is 37.0 Å². The Bertz CT molecular complexity index is 503. The fourth-order valence-electron chi connectivity index (χ4n) is 3.46. The molecule has 1 amide bonds. The molecule has 5 heteroatoms. The summed E-state index contributed by atoms with van der Waals surface area (Å²) in [6, 6.07) is 8.06. The summed E-state index contributed by atoms with van der Waals surface area (Å²) in [6.07, 6.45) is 3.24. The minimum Gasteiger partial charge on any atom is -0.497 e. The predicted molar refractivity (Wildman–Crippen MR) is 79.0 cm³/mol. The first-order chi connectivity index (χ1) is 10.2. The van der Waals surface area contributed by atoms with Crippen molar-refractivity contribution in [3.8, 4) is 5.75 Å². The summed E-state index contributed by atoms with van der Waals surface area (Å²) in [4.78, 5) is 14.3. The first kappa shape index (κ1) is 14.4. The highest BCUT2D eigenvalue weighted by atomic mass is 16.5. The summed E-state index contributed by atoms with van der Waals surface area (Å²) >= 11 is 0. The van der Waals surface area contributed by atoms with E-state index < -0.39 is 0 Å². The lowest BCUT2D eigenvalue weighted by Crippen LogP contribution is -2.44. The molecule has 1 aliphatic carbocycles. The van der Waals surface area contributed by atoms with Crippen molar-refractivity contribution in [2.24, 2.45) is 0 Å². The topological polar surface area (TPSA) is 50.8 Å². The molecule has 3 rings (SSSR count). The van der Waals surface area contributed by atoms with Crippen molar-refractivity contribution in [3.63, 3.8) is 0 Å². The van der Waals surface area contributed by atoms with Gasteiger partial charge < -0.3 is 14.4 Å². The number of benzene rings is 1. The molecule has 0 bridgehead atoms. The zero-order valence-corrected chi connectivity index (χ0v) is 12.5. The number of hydrogen-bond acceptors (Lipinski definition) is 4. The molecule has 2 fully saturated rings. The van der Waals surface area contributed by atoms with Gasteiger partial charge in [0.05, 0.1) is 25.8 Å². The zero-order valence-electron chi connectivity index (χ0n) is 12.5. The third-order valence-corrected chi connectivity index (χ3v) is 4.52. The SMILES string of the molecule is COc1ccc(C2NCC(=O)N2C2CCCC2OC)cc1. The molecule has 1 aliphatic heterocycles. The van der Waals surface area contributed by atoms with Crippen LogP contribution in [0.15, 0.2) is 24.3 Å². The third-order valence-electron chi connectivity index (χ3n) is 4.52. The van der Waals surface area contributed by atoms with Crippen molar-refractivity contribution in [2.75, 3.05) is 20.8 Å². The lowest BCUT2D eigenvalue weighted by Gasteiger charge is -2.33. The molecule has 0 radical (unpaired) electrons. The average molecular weight is 290 g/mol. The first-order valence-electron chi connectivity index (χ1n) is 7.46. The monoisotopic (exact) mass is 290 g/mol. The van der Waals surface area contributed by atoms with Crippen LogP contribution in [0.3, 0.4) is 0 Å². The van der Waals surface area contributed by atoms with Gasteiger partial charge in [0.2, 0.25) is 5.91 Å². The minimum absolute atomic E-state index is 0.0656. The second kappa shape index (κ2) is 6.03. The van der Waals surface area contributed by atoms with E-state index >= 15 is 0 Å². The Morgan fingerprint density at radius 1 is 1.19 bits per heavy atom. The molecule has 21 heavy (non-hydrogen) atoms. The van der Waals surface area contributed by atoms with Crippen molar-refractivity contribution in [1.29, 1.82) is 0 Å². The summed E-state index contributed by atoms with van der Waals surface area (Å²) in [6.45, 7) is 0.392. The standard InChI is InChI=1S/C16H22N2O3/c1-20-12-8-6-11(7-9-12)16-17-10-15(19)18(16)13-4-3-5-14(13)21-2/h6-9,13-14,16-17H,3-5,10H2,1-2H3. The smallest absolute Gasteiger partial charge is 0.238 e. The first-order valence-corrected chi connectivity index (χ1v) is 7.46. The van der Waals surface area contributed by atoms with Crippen LogP contribution >= 0.6 is 0 Å². The number of ether oxygens (including phenoxy) is 2. The van der Waals surface area contributed by atoms with E-state index in [-0.39, 0.29) is 24.2 Å². The van der Waals surface area contributed by atoms with Crippen LogP contribution in [0.1, 0.15) is 31.0 Å². The minimum atomic E-state index is -0.0656. The van der Waals surface area contributed by atoms with Gasteiger partial charge in [-0.25, -0.2) is 0 Å². The lowest BCUT2D eigenvalue weighted by atomic mass is 10.1. The summed E-state index contributed by atoms with van der Waals surface area (Å²) in [5.74, 6) is 0.982. The molecule has 114 valence electrons. The van der Waals surface area contributed by atoms with Gasteiger partial charge in [0, 0.05) is 7.11 Å². The molecule has 2 aliphatic rings. The summed E-state index contributed by atoms with van der Waals surface area (Å²) in [5, 5.41) is 3.31. The van der Waals surface area contributed by atoms with Crippen molar-refractivity contribution in [2.45, 2.75) is 37.6 Å². The molecule has 1 N–H and O–H groups in total. The number of rotatable bonds is 4. The third kappa shape index (κ3) is 2.63. The number of nitrogens with one attached hydrogen (secondary N) is 1. The Morgan fingerprint density at radius 3 is 2.62 bits per heavy atom. The zero-order chi connectivity index (χ0) is 14.8. The average Bonchev–Trinajstić information content (AvgIpc) is 3.13. The van der Waals surface area contributed by atoms with Crippen LogP contribution in [0, 0.1) is 0 Å². The molecule has 0 spiro atoms. The van der Waals surface area contributed by atoms with Crippen molar-refractivity contribution < 1.29 is 14.3 Å². The number of methoxy groups -OCH3 is 2. The van der Waals surface area contributed by atoms with Crippen LogP contribution in [0.25, 0.3) is 0 Å². The maximum absolute atomic E-state index is 12.3. The largest absolute Gasteiger partial charge is 0.497 e. The molecule has 1 aromatic rings. The Balaban J connectivity index is 1.84. The van der Waals surface area contributed by atoms with E-state index in [1.54, 1.807) is 14.2 Å². The van der Waals surface area contributed by atoms with E-state index in [9.17, 15) is 4.79 Å². The van der Waals surface area contributed by atoms with Crippen LogP contribution < -0.4 is 10.1 Å². The van der Waals surface area contributed by atoms with Crippen LogP contribution in [0.4, 0.5) is 0 Å². The molecular formula is C16H22N2O3. The number of amides is 1. The fourth-order valence-corrected chi connectivity index (χ4v) is 3.46. The van der Waals surface area contributed by atoms with Crippen LogP contribution in [0.2, 0.25) is 0 Å². The molecule has 0 aromatic heterocycles. The van der Waals surface area contributed by atoms with Gasteiger partial charge in [-0.2, -0.15) is 0 Å². The van der Waals surface area contributed by atoms with Gasteiger partial charge in [0.1, 0.15) is 11.9 Å². The predicted octanol–water partition coefficient (Wildman–Crippen LogP) is 1.69. The molecule has 3 atom stereocenters. The highest BCUT2D eigenvalue weighted by Crippen LogP contribution is 2.34. The number of nitrogens with zero attached hydrogens (tertiary/aromatic N) is 1. The van der Waals surface area contributed by atoms with Crippen LogP contribution in [-0.4, -0.2) is 43.7 Å². The molecule has 1 saturated carbocycles. The highest BCUT2D eigenvalue weighted by Gasteiger charge is 2.42. The number of carbonyl (C=O) groups is 1. The van der Waals surface area contributed by atoms with E-state index in [4.69, 9.17) is 9.47 Å². The Morgan fingerprint density at radius 2 is 1.95 bits per heavy atom. The van der Waals surface area contributed by atoms with E-state index in [0.717, 1.165) is 30.6 Å². The molecule has 1 aromatic carbocycles. The van der Waals surface area contributed by atoms with Crippen LogP contribution in [0.5, 0.6) is 5.75 Å². The quantitative estimate of drug-likeness (QED) is 0.917. The van der Waals surface area contributed by atoms with E-state index in [2.05, 4.69) is 5.32 Å². The summed E-state index contributed by atoms with van der Waals surface area (Å²) < 4.78 is 10.8. The van der Waals surface area contributed by atoms with Crippen LogP contribution in [-0.2, 0) is 9.53 Å². The molecule has 3 unspecified atom stereocenters.